The molecule has 1 nitrogen and oxygen atoms in total. The highest BCUT2D eigenvalue weighted by Crippen LogP contribution is 2.40. The average molecular weight is 251 g/mol. The summed E-state index contributed by atoms with van der Waals surface area (Å²) in [5, 5.41) is 0. The molecule has 2 saturated carbocycles. The maximum atomic E-state index is 6.71. The Morgan fingerprint density at radius 2 is 1.72 bits per heavy atom. The second-order valence-corrected chi connectivity index (χ2v) is 6.89. The van der Waals surface area contributed by atoms with Gasteiger partial charge in [0.25, 0.3) is 0 Å². The molecular formula is C17H33N. The summed E-state index contributed by atoms with van der Waals surface area (Å²) in [5.74, 6) is 3.57. The van der Waals surface area contributed by atoms with Gasteiger partial charge in [-0.05, 0) is 42.9 Å². The molecule has 2 rings (SSSR count). The molecular weight excluding hydrogens is 218 g/mol. The van der Waals surface area contributed by atoms with Crippen molar-refractivity contribution >= 4 is 0 Å². The molecule has 0 aliphatic heterocycles. The standard InChI is InChI=1S/C17H33N/c1-3-13-8-7-10-15(12-13)17(18)16-11-6-5-9-14(16)4-2/h13-17H,3-12,18H2,1-2H3. The van der Waals surface area contributed by atoms with Crippen LogP contribution in [0.25, 0.3) is 0 Å². The molecule has 18 heavy (non-hydrogen) atoms. The van der Waals surface area contributed by atoms with Gasteiger partial charge in [0.05, 0.1) is 0 Å². The van der Waals surface area contributed by atoms with Crippen molar-refractivity contribution in [2.24, 2.45) is 29.4 Å². The number of rotatable bonds is 4. The van der Waals surface area contributed by atoms with Crippen LogP contribution in [0.15, 0.2) is 0 Å². The van der Waals surface area contributed by atoms with E-state index in [-0.39, 0.29) is 0 Å². The predicted octanol–water partition coefficient (Wildman–Crippen LogP) is 4.75. The molecule has 2 aliphatic carbocycles. The van der Waals surface area contributed by atoms with Crippen molar-refractivity contribution in [3.63, 3.8) is 0 Å². The molecule has 0 saturated heterocycles. The van der Waals surface area contributed by atoms with Crippen molar-refractivity contribution in [3.8, 4) is 0 Å². The number of hydrogen-bond acceptors (Lipinski definition) is 1. The van der Waals surface area contributed by atoms with Crippen LogP contribution in [0.4, 0.5) is 0 Å². The SMILES string of the molecule is CCC1CCCC(C(N)C2CCCCC2CC)C1. The van der Waals surface area contributed by atoms with E-state index in [1.807, 2.05) is 0 Å². The molecule has 0 heterocycles. The minimum atomic E-state index is 0.504. The van der Waals surface area contributed by atoms with Crippen LogP contribution in [-0.2, 0) is 0 Å². The molecule has 2 aliphatic rings. The molecule has 0 aromatic heterocycles. The maximum Gasteiger partial charge on any atom is 0.00983 e. The van der Waals surface area contributed by atoms with Crippen LogP contribution in [0.5, 0.6) is 0 Å². The molecule has 1 heteroatoms. The molecule has 2 N–H and O–H groups in total. The predicted molar refractivity (Wildman–Crippen MR) is 79.5 cm³/mol. The van der Waals surface area contributed by atoms with E-state index in [1.165, 1.54) is 64.2 Å². The van der Waals surface area contributed by atoms with E-state index in [0.717, 1.165) is 23.7 Å². The highest BCUT2D eigenvalue weighted by atomic mass is 14.7. The van der Waals surface area contributed by atoms with Crippen LogP contribution >= 0.6 is 0 Å². The molecule has 2 fully saturated rings. The molecule has 0 bridgehead atoms. The smallest absolute Gasteiger partial charge is 0.00983 e. The zero-order valence-electron chi connectivity index (χ0n) is 12.5. The van der Waals surface area contributed by atoms with E-state index < -0.39 is 0 Å². The zero-order valence-corrected chi connectivity index (χ0v) is 12.5. The fourth-order valence-corrected chi connectivity index (χ4v) is 4.65. The van der Waals surface area contributed by atoms with Crippen molar-refractivity contribution < 1.29 is 0 Å². The van der Waals surface area contributed by atoms with Gasteiger partial charge in [-0.2, -0.15) is 0 Å². The highest BCUT2D eigenvalue weighted by Gasteiger charge is 2.35. The van der Waals surface area contributed by atoms with Crippen molar-refractivity contribution in [1.82, 2.24) is 0 Å². The van der Waals surface area contributed by atoms with Crippen molar-refractivity contribution in [1.29, 1.82) is 0 Å². The zero-order chi connectivity index (χ0) is 13.0. The molecule has 5 atom stereocenters. The summed E-state index contributed by atoms with van der Waals surface area (Å²) in [7, 11) is 0. The normalized spacial score (nSPS) is 39.5. The third-order valence-corrected chi connectivity index (χ3v) is 5.93. The van der Waals surface area contributed by atoms with Gasteiger partial charge in [0.2, 0.25) is 0 Å². The first kappa shape index (κ1) is 14.4. The molecule has 0 radical (unpaired) electrons. The van der Waals surface area contributed by atoms with Crippen LogP contribution in [0, 0.1) is 23.7 Å². The largest absolute Gasteiger partial charge is 0.327 e. The van der Waals surface area contributed by atoms with Gasteiger partial charge < -0.3 is 5.73 Å². The van der Waals surface area contributed by atoms with Crippen LogP contribution in [-0.4, -0.2) is 6.04 Å². The summed E-state index contributed by atoms with van der Waals surface area (Å²) in [6, 6.07) is 0.504. The van der Waals surface area contributed by atoms with Crippen LogP contribution in [0.1, 0.15) is 78.1 Å². The van der Waals surface area contributed by atoms with Gasteiger partial charge in [0.1, 0.15) is 0 Å². The lowest BCUT2D eigenvalue weighted by Crippen LogP contribution is -2.44. The molecule has 0 aromatic carbocycles. The van der Waals surface area contributed by atoms with Crippen LogP contribution < -0.4 is 5.73 Å². The first-order valence-electron chi connectivity index (χ1n) is 8.51. The molecule has 0 spiro atoms. The Morgan fingerprint density at radius 3 is 2.44 bits per heavy atom. The van der Waals surface area contributed by atoms with E-state index in [0.29, 0.717) is 6.04 Å². The third-order valence-electron chi connectivity index (χ3n) is 5.93. The minimum Gasteiger partial charge on any atom is -0.327 e. The lowest BCUT2D eigenvalue weighted by molar-refractivity contribution is 0.125. The summed E-state index contributed by atoms with van der Waals surface area (Å²) in [5.41, 5.74) is 6.71. The van der Waals surface area contributed by atoms with Gasteiger partial charge >= 0.3 is 0 Å². The molecule has 106 valence electrons. The minimum absolute atomic E-state index is 0.504. The average Bonchev–Trinajstić information content (AvgIpc) is 2.46. The Hall–Kier alpha value is -0.0400. The quantitative estimate of drug-likeness (QED) is 0.767. The van der Waals surface area contributed by atoms with E-state index in [4.69, 9.17) is 5.73 Å². The number of hydrogen-bond donors (Lipinski definition) is 1. The van der Waals surface area contributed by atoms with Crippen LogP contribution in [0.2, 0.25) is 0 Å². The Kier molecular flexibility index (Phi) is 5.54. The van der Waals surface area contributed by atoms with Crippen LogP contribution in [0.3, 0.4) is 0 Å². The second-order valence-electron chi connectivity index (χ2n) is 6.89. The van der Waals surface area contributed by atoms with E-state index >= 15 is 0 Å². The molecule has 0 aromatic rings. The Morgan fingerprint density at radius 1 is 0.944 bits per heavy atom. The molecule has 0 amide bonds. The topological polar surface area (TPSA) is 26.0 Å². The van der Waals surface area contributed by atoms with Gasteiger partial charge in [-0.15, -0.1) is 0 Å². The van der Waals surface area contributed by atoms with Gasteiger partial charge in [0, 0.05) is 6.04 Å². The fourth-order valence-electron chi connectivity index (χ4n) is 4.65. The lowest BCUT2D eigenvalue weighted by Gasteiger charge is -2.41. The van der Waals surface area contributed by atoms with E-state index in [2.05, 4.69) is 13.8 Å². The summed E-state index contributed by atoms with van der Waals surface area (Å²) in [6.45, 7) is 4.72. The van der Waals surface area contributed by atoms with Gasteiger partial charge in [-0.25, -0.2) is 0 Å². The monoisotopic (exact) mass is 251 g/mol. The fraction of sp³-hybridized carbons (Fsp3) is 1.00. The molecule has 5 unspecified atom stereocenters. The van der Waals surface area contributed by atoms with Gasteiger partial charge in [0.15, 0.2) is 0 Å². The Balaban J connectivity index is 1.93. The highest BCUT2D eigenvalue weighted by molar-refractivity contribution is 4.89. The Labute approximate surface area is 114 Å². The van der Waals surface area contributed by atoms with Gasteiger partial charge in [-0.3, -0.25) is 0 Å². The van der Waals surface area contributed by atoms with Crippen molar-refractivity contribution in [2.45, 2.75) is 84.1 Å². The first-order chi connectivity index (χ1) is 8.76. The Bertz CT molecular complexity index is 238. The number of nitrogens with two attached hydrogens (primary N) is 1. The van der Waals surface area contributed by atoms with Crippen molar-refractivity contribution in [3.05, 3.63) is 0 Å². The second kappa shape index (κ2) is 6.93. The van der Waals surface area contributed by atoms with Crippen molar-refractivity contribution in [2.75, 3.05) is 0 Å². The van der Waals surface area contributed by atoms with E-state index in [1.54, 1.807) is 0 Å². The van der Waals surface area contributed by atoms with E-state index in [9.17, 15) is 0 Å². The maximum absolute atomic E-state index is 6.71. The van der Waals surface area contributed by atoms with Gasteiger partial charge in [-0.1, -0.05) is 58.8 Å². The third kappa shape index (κ3) is 3.29. The summed E-state index contributed by atoms with van der Waals surface area (Å²) >= 11 is 0. The summed E-state index contributed by atoms with van der Waals surface area (Å²) in [6.07, 6.45) is 14.2. The summed E-state index contributed by atoms with van der Waals surface area (Å²) < 4.78 is 0. The lowest BCUT2D eigenvalue weighted by atomic mass is 9.67. The summed E-state index contributed by atoms with van der Waals surface area (Å²) in [4.78, 5) is 0. The first-order valence-corrected chi connectivity index (χ1v) is 8.51.